The molecule has 3 heteroatoms. The predicted octanol–water partition coefficient (Wildman–Crippen LogP) is 3.52. The van der Waals surface area contributed by atoms with E-state index in [0.717, 1.165) is 24.7 Å². The number of carbonyl (C=O) groups is 1. The zero-order valence-electron chi connectivity index (χ0n) is 7.09. The van der Waals surface area contributed by atoms with Crippen LogP contribution in [0.3, 0.4) is 0 Å². The Balaban J connectivity index is 2.60. The Labute approximate surface area is 87.7 Å². The number of aryl methyl sites for hydroxylation is 1. The second-order valence-corrected chi connectivity index (χ2v) is 3.71. The monoisotopic (exact) mass is 216 g/mol. The Kier molecular flexibility index (Phi) is 4.26. The summed E-state index contributed by atoms with van der Waals surface area (Å²) in [5.74, 6) is 0. The van der Waals surface area contributed by atoms with Crippen molar-refractivity contribution >= 4 is 29.5 Å². The molecule has 1 aromatic rings. The lowest BCUT2D eigenvalue weighted by Crippen LogP contribution is -1.86. The Hall–Kier alpha value is -0.530. The molecular formula is C10H10Cl2O. The van der Waals surface area contributed by atoms with E-state index in [0.29, 0.717) is 16.5 Å². The average molecular weight is 217 g/mol. The van der Waals surface area contributed by atoms with Crippen LogP contribution in [0.25, 0.3) is 0 Å². The fourth-order valence-corrected chi connectivity index (χ4v) is 1.72. The van der Waals surface area contributed by atoms with Crippen LogP contribution in [-0.4, -0.2) is 6.29 Å². The van der Waals surface area contributed by atoms with Crippen molar-refractivity contribution in [3.63, 3.8) is 0 Å². The Morgan fingerprint density at radius 2 is 1.77 bits per heavy atom. The van der Waals surface area contributed by atoms with Crippen LogP contribution < -0.4 is 0 Å². The summed E-state index contributed by atoms with van der Waals surface area (Å²) in [7, 11) is 0. The zero-order valence-corrected chi connectivity index (χ0v) is 8.61. The third-order valence-corrected chi connectivity index (χ3v) is 2.15. The maximum Gasteiger partial charge on any atom is 0.120 e. The van der Waals surface area contributed by atoms with Gasteiger partial charge < -0.3 is 4.79 Å². The molecule has 0 N–H and O–H groups in total. The molecular weight excluding hydrogens is 207 g/mol. The van der Waals surface area contributed by atoms with Crippen LogP contribution in [0.4, 0.5) is 0 Å². The second kappa shape index (κ2) is 5.25. The molecule has 0 spiro atoms. The summed E-state index contributed by atoms with van der Waals surface area (Å²) < 4.78 is 0. The molecule has 0 bridgehead atoms. The maximum atomic E-state index is 10.1. The van der Waals surface area contributed by atoms with Gasteiger partial charge in [-0.25, -0.2) is 0 Å². The van der Waals surface area contributed by atoms with E-state index >= 15 is 0 Å². The molecule has 0 atom stereocenters. The summed E-state index contributed by atoms with van der Waals surface area (Å²) in [6.45, 7) is 0. The molecule has 1 aromatic carbocycles. The quantitative estimate of drug-likeness (QED) is 0.557. The van der Waals surface area contributed by atoms with Crippen molar-refractivity contribution in [1.82, 2.24) is 0 Å². The maximum absolute atomic E-state index is 10.1. The highest BCUT2D eigenvalue weighted by Crippen LogP contribution is 2.20. The number of unbranched alkanes of at least 4 members (excludes halogenated alkanes) is 1. The molecule has 1 nitrogen and oxygen atoms in total. The van der Waals surface area contributed by atoms with Gasteiger partial charge in [-0.1, -0.05) is 23.2 Å². The first-order valence-electron chi connectivity index (χ1n) is 4.11. The van der Waals surface area contributed by atoms with E-state index in [1.807, 2.05) is 12.1 Å². The molecule has 0 aromatic heterocycles. The van der Waals surface area contributed by atoms with Gasteiger partial charge in [0.15, 0.2) is 0 Å². The molecule has 1 rings (SSSR count). The van der Waals surface area contributed by atoms with Crippen molar-refractivity contribution in [3.8, 4) is 0 Å². The number of halogens is 2. The number of hydrogen-bond acceptors (Lipinski definition) is 1. The van der Waals surface area contributed by atoms with Gasteiger partial charge in [-0.2, -0.15) is 0 Å². The lowest BCUT2D eigenvalue weighted by Gasteiger charge is -2.00. The van der Waals surface area contributed by atoms with E-state index in [2.05, 4.69) is 0 Å². The first kappa shape index (κ1) is 10.6. The first-order valence-corrected chi connectivity index (χ1v) is 4.86. The van der Waals surface area contributed by atoms with Gasteiger partial charge in [0.25, 0.3) is 0 Å². The minimum absolute atomic E-state index is 0.587. The Bertz CT molecular complexity index is 277. The average Bonchev–Trinajstić information content (AvgIpc) is 2.03. The number of benzene rings is 1. The van der Waals surface area contributed by atoms with Crippen molar-refractivity contribution in [2.45, 2.75) is 19.3 Å². The summed E-state index contributed by atoms with van der Waals surface area (Å²) in [6, 6.07) is 5.45. The third kappa shape index (κ3) is 3.79. The Morgan fingerprint density at radius 3 is 2.31 bits per heavy atom. The molecule has 0 aliphatic carbocycles. The van der Waals surface area contributed by atoms with Crippen molar-refractivity contribution in [2.75, 3.05) is 0 Å². The number of hydrogen-bond donors (Lipinski definition) is 0. The highest BCUT2D eigenvalue weighted by molar-refractivity contribution is 6.34. The van der Waals surface area contributed by atoms with Crippen LogP contribution in [-0.2, 0) is 11.2 Å². The smallest absolute Gasteiger partial charge is 0.120 e. The minimum atomic E-state index is 0.587. The summed E-state index contributed by atoms with van der Waals surface area (Å²) in [5.41, 5.74) is 1.08. The standard InChI is InChI=1S/C10H10Cl2O/c11-9-5-8(3-1-2-4-13)6-10(12)7-9/h4-7H,1-3H2. The van der Waals surface area contributed by atoms with Crippen LogP contribution in [0.5, 0.6) is 0 Å². The van der Waals surface area contributed by atoms with Gasteiger partial charge in [0, 0.05) is 16.5 Å². The van der Waals surface area contributed by atoms with Gasteiger partial charge in [-0.3, -0.25) is 0 Å². The van der Waals surface area contributed by atoms with E-state index in [4.69, 9.17) is 23.2 Å². The molecule has 0 saturated carbocycles. The van der Waals surface area contributed by atoms with Gasteiger partial charge >= 0.3 is 0 Å². The van der Waals surface area contributed by atoms with Crippen molar-refractivity contribution in [3.05, 3.63) is 33.8 Å². The second-order valence-electron chi connectivity index (χ2n) is 2.84. The summed E-state index contributed by atoms with van der Waals surface area (Å²) in [6.07, 6.45) is 3.20. The largest absolute Gasteiger partial charge is 0.303 e. The van der Waals surface area contributed by atoms with E-state index in [9.17, 15) is 4.79 Å². The first-order chi connectivity index (χ1) is 6.22. The molecule has 0 aliphatic rings. The molecule has 0 fully saturated rings. The minimum Gasteiger partial charge on any atom is -0.303 e. The third-order valence-electron chi connectivity index (χ3n) is 1.71. The lowest BCUT2D eigenvalue weighted by molar-refractivity contribution is -0.107. The highest BCUT2D eigenvalue weighted by atomic mass is 35.5. The zero-order chi connectivity index (χ0) is 9.68. The number of carbonyl (C=O) groups excluding carboxylic acids is 1. The SMILES string of the molecule is O=CCCCc1cc(Cl)cc(Cl)c1. The fourth-order valence-electron chi connectivity index (χ4n) is 1.14. The van der Waals surface area contributed by atoms with Crippen molar-refractivity contribution in [2.24, 2.45) is 0 Å². The van der Waals surface area contributed by atoms with Gasteiger partial charge in [0.1, 0.15) is 6.29 Å². The molecule has 0 heterocycles. The molecule has 70 valence electrons. The van der Waals surface area contributed by atoms with Crippen LogP contribution >= 0.6 is 23.2 Å². The van der Waals surface area contributed by atoms with Gasteiger partial charge in [-0.05, 0) is 36.6 Å². The predicted molar refractivity (Wildman–Crippen MR) is 55.5 cm³/mol. The summed E-state index contributed by atoms with van der Waals surface area (Å²) in [4.78, 5) is 10.1. The summed E-state index contributed by atoms with van der Waals surface area (Å²) >= 11 is 11.6. The van der Waals surface area contributed by atoms with Crippen LogP contribution in [0, 0.1) is 0 Å². The van der Waals surface area contributed by atoms with Gasteiger partial charge in [-0.15, -0.1) is 0 Å². The van der Waals surface area contributed by atoms with Gasteiger partial charge in [0.05, 0.1) is 0 Å². The van der Waals surface area contributed by atoms with Crippen LogP contribution in [0.2, 0.25) is 10.0 Å². The Morgan fingerprint density at radius 1 is 1.15 bits per heavy atom. The topological polar surface area (TPSA) is 17.1 Å². The van der Waals surface area contributed by atoms with Crippen molar-refractivity contribution in [1.29, 1.82) is 0 Å². The molecule has 0 aliphatic heterocycles. The fraction of sp³-hybridized carbons (Fsp3) is 0.300. The van der Waals surface area contributed by atoms with E-state index < -0.39 is 0 Å². The molecule has 0 amide bonds. The summed E-state index contributed by atoms with van der Waals surface area (Å²) in [5, 5.41) is 1.29. The number of aldehydes is 1. The number of rotatable bonds is 4. The van der Waals surface area contributed by atoms with Crippen LogP contribution in [0.1, 0.15) is 18.4 Å². The van der Waals surface area contributed by atoms with E-state index in [-0.39, 0.29) is 0 Å². The molecule has 0 saturated heterocycles. The molecule has 0 radical (unpaired) electrons. The normalized spacial score (nSPS) is 10.0. The van der Waals surface area contributed by atoms with E-state index in [1.54, 1.807) is 6.07 Å². The van der Waals surface area contributed by atoms with Crippen LogP contribution in [0.15, 0.2) is 18.2 Å². The molecule has 0 unspecified atom stereocenters. The molecule has 13 heavy (non-hydrogen) atoms. The van der Waals surface area contributed by atoms with E-state index in [1.165, 1.54) is 0 Å². The highest BCUT2D eigenvalue weighted by Gasteiger charge is 1.97. The van der Waals surface area contributed by atoms with Gasteiger partial charge in [0.2, 0.25) is 0 Å². The van der Waals surface area contributed by atoms with Crippen molar-refractivity contribution < 1.29 is 4.79 Å². The lowest BCUT2D eigenvalue weighted by atomic mass is 10.1.